The third-order valence-corrected chi connectivity index (χ3v) is 8.91. The molecule has 0 atom stereocenters. The Hall–Kier alpha value is -1.10. The summed E-state index contributed by atoms with van der Waals surface area (Å²) in [5, 5.41) is 0.878. The predicted molar refractivity (Wildman–Crippen MR) is 114 cm³/mol. The summed E-state index contributed by atoms with van der Waals surface area (Å²) in [5.41, 5.74) is 1.64. The molecule has 150 valence electrons. The lowest BCUT2D eigenvalue weighted by Gasteiger charge is -2.26. The van der Waals surface area contributed by atoms with Gasteiger partial charge in [-0.05, 0) is 37.3 Å². The molecule has 1 fully saturated rings. The molecule has 1 aromatic carbocycles. The van der Waals surface area contributed by atoms with E-state index < -0.39 is 10.0 Å². The van der Waals surface area contributed by atoms with Gasteiger partial charge in [-0.2, -0.15) is 4.31 Å². The number of fused-ring (bicyclic) bond motifs is 1. The zero-order valence-corrected chi connectivity index (χ0v) is 18.5. The van der Waals surface area contributed by atoms with Crippen LogP contribution in [0.1, 0.15) is 11.8 Å². The fraction of sp³-hybridized carbons (Fsp3) is 0.389. The Morgan fingerprint density at radius 2 is 2.04 bits per heavy atom. The van der Waals surface area contributed by atoms with Crippen LogP contribution in [0.3, 0.4) is 0 Å². The molecule has 0 aliphatic carbocycles. The molecule has 10 heteroatoms. The van der Waals surface area contributed by atoms with Gasteiger partial charge in [0.05, 0.1) is 33.5 Å². The van der Waals surface area contributed by atoms with Crippen molar-refractivity contribution in [3.8, 4) is 0 Å². The molecule has 6 nitrogen and oxygen atoms in total. The van der Waals surface area contributed by atoms with Gasteiger partial charge in [0.25, 0.3) is 0 Å². The first-order chi connectivity index (χ1) is 13.5. The second-order valence-corrected chi connectivity index (χ2v) is 11.0. The largest absolute Gasteiger partial charge is 0.379 e. The van der Waals surface area contributed by atoms with Crippen molar-refractivity contribution in [2.24, 2.45) is 0 Å². The van der Waals surface area contributed by atoms with Crippen LogP contribution in [0.2, 0.25) is 4.34 Å². The number of hydrogen-bond donors (Lipinski definition) is 0. The number of sulfonamides is 1. The number of ether oxygens (including phenoxy) is 1. The quantitative estimate of drug-likeness (QED) is 0.522. The molecule has 2 aromatic heterocycles. The molecule has 1 saturated heterocycles. The molecule has 0 unspecified atom stereocenters. The van der Waals surface area contributed by atoms with Gasteiger partial charge in [0, 0.05) is 30.3 Å². The van der Waals surface area contributed by atoms with E-state index in [2.05, 4.69) is 11.5 Å². The number of halogens is 1. The summed E-state index contributed by atoms with van der Waals surface area (Å²) in [4.78, 5) is 6.18. The lowest BCUT2D eigenvalue weighted by molar-refractivity contribution is 0.0730. The monoisotopic (exact) mass is 457 g/mol. The summed E-state index contributed by atoms with van der Waals surface area (Å²) in [6, 6.07) is 9.12. The Balaban J connectivity index is 1.64. The van der Waals surface area contributed by atoms with Crippen LogP contribution in [-0.4, -0.2) is 48.6 Å². The summed E-state index contributed by atoms with van der Waals surface area (Å²) < 4.78 is 35.5. The zero-order chi connectivity index (χ0) is 19.7. The van der Waals surface area contributed by atoms with E-state index in [0.717, 1.165) is 27.3 Å². The maximum atomic E-state index is 12.9. The number of nitrogens with zero attached hydrogens (tertiary/aromatic N) is 3. The van der Waals surface area contributed by atoms with Gasteiger partial charge in [0.2, 0.25) is 10.0 Å². The lowest BCUT2D eigenvalue weighted by atomic mass is 10.3. The highest BCUT2D eigenvalue weighted by atomic mass is 35.5. The Labute approximate surface area is 177 Å². The summed E-state index contributed by atoms with van der Waals surface area (Å²) in [5.74, 6) is 0.777. The molecule has 1 aliphatic heterocycles. The molecule has 0 N–H and O–H groups in total. The van der Waals surface area contributed by atoms with Gasteiger partial charge in [-0.15, -0.1) is 11.3 Å². The first-order valence-electron chi connectivity index (χ1n) is 8.94. The molecule has 0 radical (unpaired) electrons. The van der Waals surface area contributed by atoms with Crippen molar-refractivity contribution in [2.45, 2.75) is 29.3 Å². The highest BCUT2D eigenvalue weighted by molar-refractivity contribution is 7.98. The number of imidazole rings is 1. The minimum atomic E-state index is -3.53. The summed E-state index contributed by atoms with van der Waals surface area (Å²) in [6.07, 6.45) is 0. The van der Waals surface area contributed by atoms with E-state index in [1.165, 1.54) is 9.18 Å². The first-order valence-corrected chi connectivity index (χ1v) is 12.6. The van der Waals surface area contributed by atoms with E-state index in [4.69, 9.17) is 21.3 Å². The maximum absolute atomic E-state index is 12.9. The van der Waals surface area contributed by atoms with Crippen molar-refractivity contribution in [2.75, 3.05) is 26.3 Å². The topological polar surface area (TPSA) is 64.4 Å². The van der Waals surface area contributed by atoms with Crippen molar-refractivity contribution in [3.05, 3.63) is 39.5 Å². The van der Waals surface area contributed by atoms with E-state index in [0.29, 0.717) is 31.8 Å². The van der Waals surface area contributed by atoms with E-state index in [1.54, 1.807) is 35.2 Å². The van der Waals surface area contributed by atoms with E-state index in [9.17, 15) is 8.42 Å². The molecular formula is C18H20ClN3O3S3. The standard InChI is InChI=1S/C18H20ClN3O3S3/c1-2-22-16-5-4-14(28(23,24)21-7-9-25-10-8-21)11-15(16)20-18(22)26-12-13-3-6-17(19)27-13/h3-6,11H,2,7-10,12H2,1H3. The normalized spacial score (nSPS) is 16.1. The molecule has 0 saturated carbocycles. The van der Waals surface area contributed by atoms with Crippen LogP contribution in [0.5, 0.6) is 0 Å². The van der Waals surface area contributed by atoms with Crippen molar-refractivity contribution < 1.29 is 13.2 Å². The van der Waals surface area contributed by atoms with Gasteiger partial charge >= 0.3 is 0 Å². The number of benzene rings is 1. The van der Waals surface area contributed by atoms with Crippen LogP contribution in [0.25, 0.3) is 11.0 Å². The van der Waals surface area contributed by atoms with Crippen LogP contribution >= 0.6 is 34.7 Å². The molecule has 4 rings (SSSR count). The summed E-state index contributed by atoms with van der Waals surface area (Å²) >= 11 is 9.20. The number of aryl methyl sites for hydroxylation is 1. The zero-order valence-electron chi connectivity index (χ0n) is 15.3. The third-order valence-electron chi connectivity index (χ3n) is 4.58. The Morgan fingerprint density at radius 3 is 2.71 bits per heavy atom. The molecule has 28 heavy (non-hydrogen) atoms. The minimum Gasteiger partial charge on any atom is -0.379 e. The SMILES string of the molecule is CCn1c(SCc2ccc(Cl)s2)nc2cc(S(=O)(=O)N3CCOCC3)ccc21. The second-order valence-electron chi connectivity index (χ2n) is 6.30. The van der Waals surface area contributed by atoms with Crippen molar-refractivity contribution in [3.63, 3.8) is 0 Å². The average Bonchev–Trinajstić information content (AvgIpc) is 3.28. The molecule has 3 aromatic rings. The fourth-order valence-electron chi connectivity index (χ4n) is 3.16. The van der Waals surface area contributed by atoms with Crippen LogP contribution in [0, 0.1) is 0 Å². The van der Waals surface area contributed by atoms with Crippen molar-refractivity contribution in [1.29, 1.82) is 0 Å². The third kappa shape index (κ3) is 3.96. The smallest absolute Gasteiger partial charge is 0.243 e. The highest BCUT2D eigenvalue weighted by Gasteiger charge is 2.27. The van der Waals surface area contributed by atoms with Crippen molar-refractivity contribution in [1.82, 2.24) is 13.9 Å². The molecule has 0 bridgehead atoms. The molecule has 3 heterocycles. The Morgan fingerprint density at radius 1 is 1.25 bits per heavy atom. The highest BCUT2D eigenvalue weighted by Crippen LogP contribution is 2.31. The van der Waals surface area contributed by atoms with Crippen molar-refractivity contribution >= 4 is 55.8 Å². The van der Waals surface area contributed by atoms with Crippen LogP contribution in [0.4, 0.5) is 0 Å². The molecule has 0 amide bonds. The van der Waals surface area contributed by atoms with Gasteiger partial charge in [-0.3, -0.25) is 0 Å². The van der Waals surface area contributed by atoms with E-state index in [1.807, 2.05) is 18.2 Å². The fourth-order valence-corrected chi connectivity index (χ4v) is 6.80. The summed E-state index contributed by atoms with van der Waals surface area (Å²) in [6.45, 7) is 4.45. The number of aromatic nitrogens is 2. The van der Waals surface area contributed by atoms with Gasteiger partial charge in [-0.1, -0.05) is 23.4 Å². The van der Waals surface area contributed by atoms with E-state index in [-0.39, 0.29) is 4.90 Å². The van der Waals surface area contributed by atoms with Crippen LogP contribution in [-0.2, 0) is 27.1 Å². The van der Waals surface area contributed by atoms with Gasteiger partial charge in [0.15, 0.2) is 5.16 Å². The number of hydrogen-bond acceptors (Lipinski definition) is 6. The number of thioether (sulfide) groups is 1. The second kappa shape index (κ2) is 8.33. The first kappa shape index (κ1) is 20.2. The molecule has 1 aliphatic rings. The van der Waals surface area contributed by atoms with Crippen LogP contribution in [0.15, 0.2) is 40.4 Å². The molecule has 0 spiro atoms. The Kier molecular flexibility index (Phi) is 6.01. The number of morpholine rings is 1. The van der Waals surface area contributed by atoms with E-state index >= 15 is 0 Å². The molecular weight excluding hydrogens is 438 g/mol. The van der Waals surface area contributed by atoms with Gasteiger partial charge in [-0.25, -0.2) is 13.4 Å². The number of rotatable bonds is 6. The minimum absolute atomic E-state index is 0.282. The number of thiophene rings is 1. The summed E-state index contributed by atoms with van der Waals surface area (Å²) in [7, 11) is -3.53. The van der Waals surface area contributed by atoms with Gasteiger partial charge < -0.3 is 9.30 Å². The van der Waals surface area contributed by atoms with Crippen LogP contribution < -0.4 is 0 Å². The predicted octanol–water partition coefficient (Wildman–Crippen LogP) is 4.08. The van der Waals surface area contributed by atoms with Gasteiger partial charge in [0.1, 0.15) is 0 Å². The maximum Gasteiger partial charge on any atom is 0.243 e. The Bertz CT molecular complexity index is 1090. The average molecular weight is 458 g/mol. The lowest BCUT2D eigenvalue weighted by Crippen LogP contribution is -2.40.